The van der Waals surface area contributed by atoms with E-state index in [-0.39, 0.29) is 6.04 Å². The van der Waals surface area contributed by atoms with Crippen molar-refractivity contribution in [3.63, 3.8) is 0 Å². The molecule has 3 atom stereocenters. The first-order chi connectivity index (χ1) is 8.69. The lowest BCUT2D eigenvalue weighted by atomic mass is 10.1. The van der Waals surface area contributed by atoms with Gasteiger partial charge in [0.1, 0.15) is 0 Å². The molecule has 2 fully saturated rings. The van der Waals surface area contributed by atoms with Gasteiger partial charge in [0.15, 0.2) is 0 Å². The van der Waals surface area contributed by atoms with Crippen LogP contribution in [0.1, 0.15) is 30.1 Å². The lowest BCUT2D eigenvalue weighted by Gasteiger charge is -2.37. The minimum absolute atomic E-state index is 0.283. The summed E-state index contributed by atoms with van der Waals surface area (Å²) in [6, 6.07) is 0.283. The Hall–Kier alpha value is -0.910. The van der Waals surface area contributed by atoms with E-state index in [1.165, 1.54) is 24.1 Å². The van der Waals surface area contributed by atoms with Crippen molar-refractivity contribution in [2.75, 3.05) is 19.6 Å². The van der Waals surface area contributed by atoms with E-state index in [4.69, 9.17) is 10.5 Å². The van der Waals surface area contributed by atoms with E-state index < -0.39 is 0 Å². The van der Waals surface area contributed by atoms with Crippen LogP contribution in [0.2, 0.25) is 0 Å². The van der Waals surface area contributed by atoms with Crippen LogP contribution in [-0.2, 0) is 11.8 Å². The minimum atomic E-state index is 0.283. The third-order valence-electron chi connectivity index (χ3n) is 4.37. The number of nitrogens with zero attached hydrogens (tertiary/aromatic N) is 3. The van der Waals surface area contributed by atoms with Gasteiger partial charge in [0, 0.05) is 37.9 Å². The molecule has 2 N–H and O–H groups in total. The molecular formula is C13H22N4O. The first-order valence-corrected chi connectivity index (χ1v) is 6.77. The molecular weight excluding hydrogens is 228 g/mol. The smallest absolute Gasteiger partial charge is 0.0707 e. The molecule has 3 rings (SSSR count). The number of aromatic nitrogens is 2. The molecule has 0 saturated carbocycles. The fraction of sp³-hybridized carbons (Fsp3) is 0.769. The van der Waals surface area contributed by atoms with Crippen LogP contribution >= 0.6 is 0 Å². The van der Waals surface area contributed by atoms with E-state index in [9.17, 15) is 0 Å². The van der Waals surface area contributed by atoms with E-state index >= 15 is 0 Å². The van der Waals surface area contributed by atoms with Gasteiger partial charge in [-0.15, -0.1) is 0 Å². The van der Waals surface area contributed by atoms with E-state index in [0.29, 0.717) is 18.8 Å². The standard InChI is InChI=1S/C13H22N4O/c1-9-12(6-15-16(9)2)13(5-14)17-7-10-3-4-11(8-17)18-10/h6,10-11,13H,3-5,7-8,14H2,1-2H3. The van der Waals surface area contributed by atoms with Crippen LogP contribution < -0.4 is 5.73 Å². The molecule has 3 unspecified atom stereocenters. The second-order valence-electron chi connectivity index (χ2n) is 5.47. The molecule has 1 aromatic rings. The number of aryl methyl sites for hydroxylation is 1. The van der Waals surface area contributed by atoms with E-state index in [0.717, 1.165) is 13.1 Å². The van der Waals surface area contributed by atoms with Gasteiger partial charge >= 0.3 is 0 Å². The van der Waals surface area contributed by atoms with E-state index in [1.54, 1.807) is 0 Å². The molecule has 0 radical (unpaired) electrons. The van der Waals surface area contributed by atoms with E-state index in [2.05, 4.69) is 16.9 Å². The van der Waals surface area contributed by atoms with E-state index in [1.807, 2.05) is 17.9 Å². The summed E-state index contributed by atoms with van der Waals surface area (Å²) in [6.45, 7) is 4.77. The van der Waals surface area contributed by atoms with Gasteiger partial charge < -0.3 is 10.5 Å². The maximum absolute atomic E-state index is 6.01. The zero-order valence-electron chi connectivity index (χ0n) is 11.2. The average Bonchev–Trinajstić information content (AvgIpc) is 2.87. The summed E-state index contributed by atoms with van der Waals surface area (Å²) >= 11 is 0. The summed E-state index contributed by atoms with van der Waals surface area (Å²) in [6.07, 6.45) is 5.18. The highest BCUT2D eigenvalue weighted by Crippen LogP contribution is 2.32. The van der Waals surface area contributed by atoms with Crippen molar-refractivity contribution >= 4 is 0 Å². The van der Waals surface area contributed by atoms with Crippen LogP contribution in [0.25, 0.3) is 0 Å². The van der Waals surface area contributed by atoms with Crippen molar-refractivity contribution in [2.24, 2.45) is 12.8 Å². The third kappa shape index (κ3) is 1.96. The van der Waals surface area contributed by atoms with Crippen molar-refractivity contribution in [1.82, 2.24) is 14.7 Å². The Morgan fingerprint density at radius 1 is 1.44 bits per heavy atom. The Bertz CT molecular complexity index is 419. The molecule has 2 bridgehead atoms. The van der Waals surface area contributed by atoms with Crippen LogP contribution in [0.3, 0.4) is 0 Å². The SMILES string of the molecule is Cc1c(C(CN)N2CC3CCC(C2)O3)cnn1C. The largest absolute Gasteiger partial charge is 0.372 e. The van der Waals surface area contributed by atoms with Crippen LogP contribution in [0.4, 0.5) is 0 Å². The Morgan fingerprint density at radius 2 is 2.11 bits per heavy atom. The minimum Gasteiger partial charge on any atom is -0.372 e. The highest BCUT2D eigenvalue weighted by Gasteiger charge is 2.37. The molecule has 3 heterocycles. The summed E-state index contributed by atoms with van der Waals surface area (Å²) in [7, 11) is 1.98. The van der Waals surface area contributed by atoms with Gasteiger partial charge in [0.25, 0.3) is 0 Å². The fourth-order valence-corrected chi connectivity index (χ4v) is 3.22. The van der Waals surface area contributed by atoms with Crippen molar-refractivity contribution in [3.8, 4) is 0 Å². The Balaban J connectivity index is 1.82. The summed E-state index contributed by atoms with van der Waals surface area (Å²) in [5.74, 6) is 0. The molecule has 0 aliphatic carbocycles. The Morgan fingerprint density at radius 3 is 2.61 bits per heavy atom. The van der Waals surface area contributed by atoms with Gasteiger partial charge in [-0.2, -0.15) is 5.10 Å². The molecule has 18 heavy (non-hydrogen) atoms. The molecule has 0 aromatic carbocycles. The molecule has 2 aliphatic rings. The lowest BCUT2D eigenvalue weighted by molar-refractivity contribution is -0.0521. The van der Waals surface area contributed by atoms with Gasteiger partial charge in [-0.25, -0.2) is 0 Å². The normalized spacial score (nSPS) is 29.7. The Kier molecular flexibility index (Phi) is 3.13. The molecule has 5 nitrogen and oxygen atoms in total. The molecule has 0 spiro atoms. The van der Waals surface area contributed by atoms with Crippen LogP contribution in [0, 0.1) is 6.92 Å². The molecule has 2 aliphatic heterocycles. The van der Waals surface area contributed by atoms with Crippen LogP contribution in [0.5, 0.6) is 0 Å². The molecule has 1 aromatic heterocycles. The van der Waals surface area contributed by atoms with Crippen molar-refractivity contribution in [3.05, 3.63) is 17.5 Å². The zero-order valence-corrected chi connectivity index (χ0v) is 11.2. The summed E-state index contributed by atoms with van der Waals surface area (Å²) in [5.41, 5.74) is 8.48. The Labute approximate surface area is 108 Å². The predicted molar refractivity (Wildman–Crippen MR) is 69.2 cm³/mol. The third-order valence-corrected chi connectivity index (χ3v) is 4.37. The lowest BCUT2D eigenvalue weighted by Crippen LogP contribution is -2.46. The molecule has 100 valence electrons. The number of ether oxygens (including phenoxy) is 1. The number of nitrogens with two attached hydrogens (primary N) is 1. The maximum atomic E-state index is 6.01. The highest BCUT2D eigenvalue weighted by atomic mass is 16.5. The summed E-state index contributed by atoms with van der Waals surface area (Å²) in [5, 5.41) is 4.34. The van der Waals surface area contributed by atoms with Gasteiger partial charge in [-0.05, 0) is 19.8 Å². The van der Waals surface area contributed by atoms with Crippen molar-refractivity contribution in [1.29, 1.82) is 0 Å². The number of likely N-dealkylation sites (tertiary alicyclic amines) is 1. The topological polar surface area (TPSA) is 56.3 Å². The first kappa shape index (κ1) is 12.1. The summed E-state index contributed by atoms with van der Waals surface area (Å²) in [4.78, 5) is 2.48. The van der Waals surface area contributed by atoms with Crippen molar-refractivity contribution < 1.29 is 4.74 Å². The molecule has 5 heteroatoms. The molecule has 2 saturated heterocycles. The molecule has 0 amide bonds. The van der Waals surface area contributed by atoms with Gasteiger partial charge in [0.05, 0.1) is 24.4 Å². The second-order valence-corrected chi connectivity index (χ2v) is 5.47. The second kappa shape index (κ2) is 4.64. The van der Waals surface area contributed by atoms with Crippen LogP contribution in [-0.4, -0.2) is 46.5 Å². The van der Waals surface area contributed by atoms with Gasteiger partial charge in [-0.1, -0.05) is 0 Å². The quantitative estimate of drug-likeness (QED) is 0.853. The maximum Gasteiger partial charge on any atom is 0.0707 e. The van der Waals surface area contributed by atoms with Crippen LogP contribution in [0.15, 0.2) is 6.20 Å². The number of morpholine rings is 1. The monoisotopic (exact) mass is 250 g/mol. The number of hydrogen-bond donors (Lipinski definition) is 1. The van der Waals surface area contributed by atoms with Gasteiger partial charge in [-0.3, -0.25) is 9.58 Å². The summed E-state index contributed by atoms with van der Waals surface area (Å²) < 4.78 is 7.81. The predicted octanol–water partition coefficient (Wildman–Crippen LogP) is 0.592. The first-order valence-electron chi connectivity index (χ1n) is 6.77. The highest BCUT2D eigenvalue weighted by molar-refractivity contribution is 5.21. The zero-order chi connectivity index (χ0) is 12.7. The fourth-order valence-electron chi connectivity index (χ4n) is 3.22. The van der Waals surface area contributed by atoms with Crippen molar-refractivity contribution in [2.45, 2.75) is 38.0 Å². The number of fused-ring (bicyclic) bond motifs is 2. The number of hydrogen-bond acceptors (Lipinski definition) is 4. The number of rotatable bonds is 3. The van der Waals surface area contributed by atoms with Gasteiger partial charge in [0.2, 0.25) is 0 Å². The average molecular weight is 250 g/mol.